The Labute approximate surface area is 169 Å². The summed E-state index contributed by atoms with van der Waals surface area (Å²) >= 11 is 1.60. The zero-order chi connectivity index (χ0) is 19.2. The smallest absolute Gasteiger partial charge is 0.228 e. The summed E-state index contributed by atoms with van der Waals surface area (Å²) in [6, 6.07) is 13.9. The summed E-state index contributed by atoms with van der Waals surface area (Å²) in [6.07, 6.45) is 4.35. The number of aromatic nitrogens is 1. The van der Waals surface area contributed by atoms with Crippen molar-refractivity contribution in [3.05, 3.63) is 59.6 Å². The molecule has 1 aliphatic carbocycles. The highest BCUT2D eigenvalue weighted by Crippen LogP contribution is 2.33. The van der Waals surface area contributed by atoms with Gasteiger partial charge in [-0.25, -0.2) is 4.98 Å². The third-order valence-corrected chi connectivity index (χ3v) is 5.35. The van der Waals surface area contributed by atoms with E-state index in [2.05, 4.69) is 32.3 Å². The van der Waals surface area contributed by atoms with Crippen molar-refractivity contribution in [3.8, 4) is 11.6 Å². The highest BCUT2D eigenvalue weighted by molar-refractivity contribution is 8.02. The van der Waals surface area contributed by atoms with E-state index in [1.165, 1.54) is 12.8 Å². The molecule has 1 fully saturated rings. The van der Waals surface area contributed by atoms with Gasteiger partial charge < -0.3 is 15.4 Å². The lowest BCUT2D eigenvalue weighted by atomic mass is 10.2. The molecule has 1 unspecified atom stereocenters. The van der Waals surface area contributed by atoms with Crippen molar-refractivity contribution >= 4 is 30.1 Å². The van der Waals surface area contributed by atoms with Crippen molar-refractivity contribution in [2.45, 2.75) is 18.9 Å². The molecule has 28 heavy (non-hydrogen) atoms. The number of nitrogens with one attached hydrogen (secondary N) is 2. The molecule has 0 bridgehead atoms. The molecule has 0 radical (unpaired) electrons. The number of guanidine groups is 1. The van der Waals surface area contributed by atoms with Gasteiger partial charge in [0.25, 0.3) is 0 Å². The Morgan fingerprint density at radius 1 is 1.29 bits per heavy atom. The van der Waals surface area contributed by atoms with Gasteiger partial charge in [0.2, 0.25) is 5.88 Å². The first-order chi connectivity index (χ1) is 13.8. The zero-order valence-corrected chi connectivity index (χ0v) is 16.4. The lowest BCUT2D eigenvalue weighted by Crippen LogP contribution is -2.39. The van der Waals surface area contributed by atoms with Crippen LogP contribution in [0.25, 0.3) is 5.70 Å². The van der Waals surface area contributed by atoms with E-state index in [1.807, 2.05) is 47.9 Å². The largest absolute Gasteiger partial charge is 0.438 e. The highest BCUT2D eigenvalue weighted by Gasteiger charge is 2.33. The fourth-order valence-corrected chi connectivity index (χ4v) is 3.68. The van der Waals surface area contributed by atoms with E-state index in [0.717, 1.165) is 35.4 Å². The summed E-state index contributed by atoms with van der Waals surface area (Å²) in [7, 11) is 0. The molecule has 0 saturated heterocycles. The Bertz CT molecular complexity index is 879. The van der Waals surface area contributed by atoms with Crippen LogP contribution in [0.15, 0.2) is 64.1 Å². The number of para-hydroxylation sites is 1. The van der Waals surface area contributed by atoms with Crippen molar-refractivity contribution < 1.29 is 4.74 Å². The average Bonchev–Trinajstić information content (AvgIpc) is 3.48. The van der Waals surface area contributed by atoms with E-state index in [1.54, 1.807) is 18.0 Å². The summed E-state index contributed by atoms with van der Waals surface area (Å²) in [6.45, 7) is 4.58. The number of benzene rings is 1. The molecular weight excluding hydrogens is 370 g/mol. The standard InChI is InChI=1S/C21H23N5OS/c1-22-19(13-28-14-25-21-24-12-18(26-21)15-9-10-15)17-8-5-11-23-20(17)27-16-6-3-2-4-7-16/h2-8,11,13,15,18H,1,9-10,12,14H2,(H2,24,25,26)/b19-13-. The van der Waals surface area contributed by atoms with E-state index in [-0.39, 0.29) is 0 Å². The quantitative estimate of drug-likeness (QED) is 0.404. The predicted molar refractivity (Wildman–Crippen MR) is 116 cm³/mol. The van der Waals surface area contributed by atoms with Crippen LogP contribution in [0.3, 0.4) is 0 Å². The monoisotopic (exact) mass is 393 g/mol. The third kappa shape index (κ3) is 4.72. The molecule has 1 aromatic heterocycles. The molecule has 2 N–H and O–H groups in total. The normalized spacial score (nSPS) is 18.9. The van der Waals surface area contributed by atoms with Crippen molar-refractivity contribution in [2.75, 3.05) is 12.4 Å². The van der Waals surface area contributed by atoms with Gasteiger partial charge in [0, 0.05) is 6.20 Å². The number of rotatable bonds is 8. The predicted octanol–water partition coefficient (Wildman–Crippen LogP) is 3.89. The number of nitrogens with zero attached hydrogens (tertiary/aromatic N) is 3. The molecule has 2 aliphatic rings. The van der Waals surface area contributed by atoms with Crippen LogP contribution >= 0.6 is 11.8 Å². The zero-order valence-electron chi connectivity index (χ0n) is 15.5. The second-order valence-electron chi connectivity index (χ2n) is 6.70. The maximum Gasteiger partial charge on any atom is 0.228 e. The number of pyridine rings is 1. The van der Waals surface area contributed by atoms with Gasteiger partial charge in [0.15, 0.2) is 5.96 Å². The van der Waals surface area contributed by atoms with Crippen LogP contribution in [-0.2, 0) is 0 Å². The SMILES string of the molecule is C=N/C(=C\SCNC1=NCC(C2CC2)N1)c1cccnc1Oc1ccccc1. The van der Waals surface area contributed by atoms with Crippen LogP contribution in [0.1, 0.15) is 18.4 Å². The minimum absolute atomic E-state index is 0.509. The maximum atomic E-state index is 5.93. The Morgan fingerprint density at radius 3 is 2.93 bits per heavy atom. The van der Waals surface area contributed by atoms with Gasteiger partial charge >= 0.3 is 0 Å². The first-order valence-electron chi connectivity index (χ1n) is 9.35. The van der Waals surface area contributed by atoms with Crippen molar-refractivity contribution in [1.82, 2.24) is 15.6 Å². The Balaban J connectivity index is 1.36. The summed E-state index contributed by atoms with van der Waals surface area (Å²) < 4.78 is 5.93. The van der Waals surface area contributed by atoms with Crippen LogP contribution < -0.4 is 15.4 Å². The molecule has 7 heteroatoms. The summed E-state index contributed by atoms with van der Waals surface area (Å²) in [5.74, 6) is 3.63. The van der Waals surface area contributed by atoms with Crippen molar-refractivity contribution in [3.63, 3.8) is 0 Å². The van der Waals surface area contributed by atoms with E-state index in [0.29, 0.717) is 17.8 Å². The molecule has 4 rings (SSSR count). The van der Waals surface area contributed by atoms with Crippen LogP contribution in [-0.4, -0.2) is 36.1 Å². The van der Waals surface area contributed by atoms with Gasteiger partial charge in [0.05, 0.1) is 29.7 Å². The third-order valence-electron chi connectivity index (χ3n) is 4.65. The van der Waals surface area contributed by atoms with Gasteiger partial charge in [-0.1, -0.05) is 18.2 Å². The summed E-state index contributed by atoms with van der Waals surface area (Å²) in [5.41, 5.74) is 1.53. The van der Waals surface area contributed by atoms with Crippen LogP contribution in [0.4, 0.5) is 0 Å². The first-order valence-corrected chi connectivity index (χ1v) is 10.4. The fourth-order valence-electron chi connectivity index (χ4n) is 3.01. The van der Waals surface area contributed by atoms with E-state index < -0.39 is 0 Å². The number of aliphatic imine (C=N–C) groups is 2. The molecule has 1 aromatic carbocycles. The molecule has 1 saturated carbocycles. The number of ether oxygens (including phenoxy) is 1. The van der Waals surface area contributed by atoms with E-state index in [9.17, 15) is 0 Å². The van der Waals surface area contributed by atoms with E-state index >= 15 is 0 Å². The van der Waals surface area contributed by atoms with Crippen LogP contribution in [0.5, 0.6) is 11.6 Å². The summed E-state index contributed by atoms with van der Waals surface area (Å²) in [5, 5.41) is 8.75. The second kappa shape index (κ2) is 8.93. The molecule has 0 spiro atoms. The molecule has 1 aliphatic heterocycles. The second-order valence-corrected chi connectivity index (χ2v) is 7.56. The summed E-state index contributed by atoms with van der Waals surface area (Å²) in [4.78, 5) is 13.1. The van der Waals surface area contributed by atoms with Gasteiger partial charge in [0.1, 0.15) is 5.75 Å². The van der Waals surface area contributed by atoms with Gasteiger partial charge in [-0.3, -0.25) is 9.98 Å². The van der Waals surface area contributed by atoms with Crippen LogP contribution in [0.2, 0.25) is 0 Å². The van der Waals surface area contributed by atoms with Gasteiger partial charge in [-0.2, -0.15) is 0 Å². The fraction of sp³-hybridized carbons (Fsp3) is 0.286. The molecule has 0 amide bonds. The molecule has 2 aromatic rings. The lowest BCUT2D eigenvalue weighted by molar-refractivity contribution is 0.461. The number of thioether (sulfide) groups is 1. The van der Waals surface area contributed by atoms with E-state index in [4.69, 9.17) is 4.74 Å². The number of hydrogen-bond donors (Lipinski definition) is 2. The minimum Gasteiger partial charge on any atom is -0.438 e. The maximum absolute atomic E-state index is 5.93. The molecular formula is C21H23N5OS. The molecule has 2 heterocycles. The van der Waals surface area contributed by atoms with Gasteiger partial charge in [-0.05, 0) is 55.2 Å². The van der Waals surface area contributed by atoms with Crippen LogP contribution in [0, 0.1) is 5.92 Å². The molecule has 1 atom stereocenters. The first kappa shape index (κ1) is 18.6. The highest BCUT2D eigenvalue weighted by atomic mass is 32.2. The van der Waals surface area contributed by atoms with Crippen molar-refractivity contribution in [2.24, 2.45) is 15.9 Å². The Morgan fingerprint density at radius 2 is 2.14 bits per heavy atom. The topological polar surface area (TPSA) is 70.9 Å². The minimum atomic E-state index is 0.509. The average molecular weight is 394 g/mol. The lowest BCUT2D eigenvalue weighted by Gasteiger charge is -2.11. The van der Waals surface area contributed by atoms with Crippen molar-refractivity contribution in [1.29, 1.82) is 0 Å². The molecule has 144 valence electrons. The Hall–Kier alpha value is -2.80. The number of hydrogen-bond acceptors (Lipinski definition) is 7. The Kier molecular flexibility index (Phi) is 5.92. The van der Waals surface area contributed by atoms with Gasteiger partial charge in [-0.15, -0.1) is 11.8 Å². The molecule has 6 nitrogen and oxygen atoms in total.